The van der Waals surface area contributed by atoms with Gasteiger partial charge in [0, 0.05) is 18.0 Å². The van der Waals surface area contributed by atoms with Crippen LogP contribution in [0.2, 0.25) is 0 Å². The van der Waals surface area contributed by atoms with Crippen LogP contribution >= 0.6 is 11.3 Å². The fraction of sp³-hybridized carbons (Fsp3) is 0.219. The molecule has 0 aliphatic carbocycles. The standard InChI is InChI=1S/C32H32N2O4S/c1-5-38-32(37)28-22(4)29(30(36)33-26-17-16-20(2)18-21(26)3)39-31(28)34-27(35)19-25(23-12-8-6-9-13-23)24-14-10-7-11-15-24/h6-18,25H,5,19H2,1-4H3,(H,33,36)(H,34,35). The van der Waals surface area contributed by atoms with Crippen LogP contribution in [-0.2, 0) is 9.53 Å². The second-order valence-corrected chi connectivity index (χ2v) is 10.4. The van der Waals surface area contributed by atoms with E-state index < -0.39 is 5.97 Å². The quantitative estimate of drug-likeness (QED) is 0.219. The lowest BCUT2D eigenvalue weighted by Gasteiger charge is -2.18. The van der Waals surface area contributed by atoms with Crippen molar-refractivity contribution in [2.24, 2.45) is 0 Å². The van der Waals surface area contributed by atoms with E-state index in [2.05, 4.69) is 10.6 Å². The zero-order valence-corrected chi connectivity index (χ0v) is 23.4. The molecule has 7 heteroatoms. The van der Waals surface area contributed by atoms with E-state index >= 15 is 0 Å². The highest BCUT2D eigenvalue weighted by molar-refractivity contribution is 7.19. The van der Waals surface area contributed by atoms with Gasteiger partial charge in [-0.05, 0) is 56.0 Å². The smallest absolute Gasteiger partial charge is 0.341 e. The van der Waals surface area contributed by atoms with Crippen molar-refractivity contribution in [2.45, 2.75) is 40.0 Å². The number of rotatable bonds is 9. The van der Waals surface area contributed by atoms with Crippen LogP contribution in [0.3, 0.4) is 0 Å². The van der Waals surface area contributed by atoms with Gasteiger partial charge in [0.1, 0.15) is 5.00 Å². The molecule has 0 spiro atoms. The van der Waals surface area contributed by atoms with Crippen molar-refractivity contribution in [3.8, 4) is 0 Å². The number of carbonyl (C=O) groups excluding carboxylic acids is 3. The molecular weight excluding hydrogens is 508 g/mol. The molecule has 0 bridgehead atoms. The van der Waals surface area contributed by atoms with E-state index in [1.807, 2.05) is 92.7 Å². The van der Waals surface area contributed by atoms with Gasteiger partial charge in [-0.2, -0.15) is 0 Å². The maximum Gasteiger partial charge on any atom is 0.341 e. The first-order valence-corrected chi connectivity index (χ1v) is 13.7. The fourth-order valence-corrected chi connectivity index (χ4v) is 5.67. The maximum absolute atomic E-state index is 13.4. The first-order valence-electron chi connectivity index (χ1n) is 12.9. The molecule has 0 saturated heterocycles. The van der Waals surface area contributed by atoms with Crippen LogP contribution in [0.15, 0.2) is 78.9 Å². The van der Waals surface area contributed by atoms with E-state index in [4.69, 9.17) is 4.74 Å². The summed E-state index contributed by atoms with van der Waals surface area (Å²) >= 11 is 1.08. The van der Waals surface area contributed by atoms with Gasteiger partial charge in [-0.25, -0.2) is 4.79 Å². The lowest BCUT2D eigenvalue weighted by Crippen LogP contribution is -2.18. The van der Waals surface area contributed by atoms with Crippen molar-refractivity contribution >= 4 is 39.8 Å². The van der Waals surface area contributed by atoms with Crippen LogP contribution in [0.4, 0.5) is 10.7 Å². The van der Waals surface area contributed by atoms with Gasteiger partial charge in [-0.3, -0.25) is 9.59 Å². The third-order valence-corrected chi connectivity index (χ3v) is 7.72. The van der Waals surface area contributed by atoms with Gasteiger partial charge in [0.05, 0.1) is 17.0 Å². The molecule has 39 heavy (non-hydrogen) atoms. The number of hydrogen-bond acceptors (Lipinski definition) is 5. The first kappa shape index (κ1) is 27.8. The Balaban J connectivity index is 1.63. The zero-order chi connectivity index (χ0) is 27.9. The number of nitrogens with one attached hydrogen (secondary N) is 2. The molecule has 4 aromatic rings. The highest BCUT2D eigenvalue weighted by Gasteiger charge is 2.28. The third-order valence-electron chi connectivity index (χ3n) is 6.51. The van der Waals surface area contributed by atoms with Gasteiger partial charge >= 0.3 is 5.97 Å². The Bertz CT molecular complexity index is 1440. The molecule has 2 N–H and O–H groups in total. The van der Waals surface area contributed by atoms with Crippen molar-refractivity contribution in [2.75, 3.05) is 17.2 Å². The number of benzene rings is 3. The predicted molar refractivity (Wildman–Crippen MR) is 157 cm³/mol. The molecule has 0 fully saturated rings. The van der Waals surface area contributed by atoms with Crippen molar-refractivity contribution in [1.29, 1.82) is 0 Å². The van der Waals surface area contributed by atoms with Gasteiger partial charge < -0.3 is 15.4 Å². The summed E-state index contributed by atoms with van der Waals surface area (Å²) in [7, 11) is 0. The SMILES string of the molecule is CCOC(=O)c1c(NC(=O)CC(c2ccccc2)c2ccccc2)sc(C(=O)Nc2ccc(C)cc2C)c1C. The Morgan fingerprint density at radius 2 is 1.46 bits per heavy atom. The molecule has 2 amide bonds. The van der Waals surface area contributed by atoms with E-state index in [1.54, 1.807) is 13.8 Å². The fourth-order valence-electron chi connectivity index (χ4n) is 4.56. The summed E-state index contributed by atoms with van der Waals surface area (Å²) in [6.45, 7) is 7.51. The van der Waals surface area contributed by atoms with Crippen LogP contribution in [0.5, 0.6) is 0 Å². The molecule has 200 valence electrons. The Kier molecular flexibility index (Phi) is 8.94. The molecule has 0 atom stereocenters. The minimum atomic E-state index is -0.574. The molecule has 3 aromatic carbocycles. The van der Waals surface area contributed by atoms with Crippen molar-refractivity contribution in [3.63, 3.8) is 0 Å². The number of hydrogen-bond donors (Lipinski definition) is 2. The third kappa shape index (κ3) is 6.62. The maximum atomic E-state index is 13.4. The van der Waals surface area contributed by atoms with Gasteiger partial charge in [0.15, 0.2) is 0 Å². The summed E-state index contributed by atoms with van der Waals surface area (Å²) in [6, 6.07) is 25.4. The number of anilines is 2. The van der Waals surface area contributed by atoms with Crippen LogP contribution in [0.25, 0.3) is 0 Å². The summed E-state index contributed by atoms with van der Waals surface area (Å²) in [5.74, 6) is -1.36. The zero-order valence-electron chi connectivity index (χ0n) is 22.5. The summed E-state index contributed by atoms with van der Waals surface area (Å²) in [4.78, 5) is 40.0. The molecular formula is C32H32N2O4S. The average molecular weight is 541 g/mol. The topological polar surface area (TPSA) is 84.5 Å². The number of aryl methyl sites for hydroxylation is 2. The average Bonchev–Trinajstić information content (AvgIpc) is 3.25. The minimum absolute atomic E-state index is 0.164. The van der Waals surface area contributed by atoms with E-state index in [1.165, 1.54) is 0 Å². The normalized spacial score (nSPS) is 10.8. The monoisotopic (exact) mass is 540 g/mol. The lowest BCUT2D eigenvalue weighted by molar-refractivity contribution is -0.116. The van der Waals surface area contributed by atoms with E-state index in [-0.39, 0.29) is 36.3 Å². The number of ether oxygens (including phenoxy) is 1. The summed E-state index contributed by atoms with van der Waals surface area (Å²) in [6.07, 6.45) is 0.164. The van der Waals surface area contributed by atoms with E-state index in [0.717, 1.165) is 33.6 Å². The molecule has 4 rings (SSSR count). The lowest BCUT2D eigenvalue weighted by atomic mass is 9.88. The van der Waals surface area contributed by atoms with Crippen LogP contribution in [-0.4, -0.2) is 24.4 Å². The van der Waals surface area contributed by atoms with Crippen LogP contribution in [0.1, 0.15) is 67.1 Å². The van der Waals surface area contributed by atoms with Crippen molar-refractivity contribution in [3.05, 3.63) is 117 Å². The summed E-state index contributed by atoms with van der Waals surface area (Å²) < 4.78 is 5.28. The number of carbonyl (C=O) groups is 3. The Morgan fingerprint density at radius 3 is 2.03 bits per heavy atom. The minimum Gasteiger partial charge on any atom is -0.462 e. The molecule has 0 saturated carbocycles. The Morgan fingerprint density at radius 1 is 0.846 bits per heavy atom. The van der Waals surface area contributed by atoms with Gasteiger partial charge in [-0.1, -0.05) is 78.4 Å². The number of thiophene rings is 1. The van der Waals surface area contributed by atoms with E-state index in [0.29, 0.717) is 21.1 Å². The van der Waals surface area contributed by atoms with Crippen LogP contribution < -0.4 is 10.6 Å². The second kappa shape index (κ2) is 12.5. The summed E-state index contributed by atoms with van der Waals surface area (Å²) in [5.41, 5.74) is 5.42. The van der Waals surface area contributed by atoms with Gasteiger partial charge in [-0.15, -0.1) is 11.3 Å². The second-order valence-electron chi connectivity index (χ2n) is 9.38. The van der Waals surface area contributed by atoms with Gasteiger partial charge in [0.2, 0.25) is 5.91 Å². The Hall–Kier alpha value is -4.23. The van der Waals surface area contributed by atoms with Crippen LogP contribution in [0, 0.1) is 20.8 Å². The Labute approximate surface area is 233 Å². The van der Waals surface area contributed by atoms with E-state index in [9.17, 15) is 14.4 Å². The summed E-state index contributed by atoms with van der Waals surface area (Å²) in [5, 5.41) is 6.17. The first-order chi connectivity index (χ1) is 18.8. The number of amides is 2. The number of esters is 1. The predicted octanol–water partition coefficient (Wildman–Crippen LogP) is 7.26. The van der Waals surface area contributed by atoms with Crippen molar-refractivity contribution < 1.29 is 19.1 Å². The molecule has 0 radical (unpaired) electrons. The molecule has 0 unspecified atom stereocenters. The molecule has 6 nitrogen and oxygen atoms in total. The largest absolute Gasteiger partial charge is 0.462 e. The van der Waals surface area contributed by atoms with Crippen molar-refractivity contribution in [1.82, 2.24) is 0 Å². The highest BCUT2D eigenvalue weighted by Crippen LogP contribution is 2.36. The molecule has 1 aromatic heterocycles. The molecule has 0 aliphatic heterocycles. The molecule has 1 heterocycles. The van der Waals surface area contributed by atoms with Gasteiger partial charge in [0.25, 0.3) is 5.91 Å². The highest BCUT2D eigenvalue weighted by atomic mass is 32.1. The molecule has 0 aliphatic rings.